The summed E-state index contributed by atoms with van der Waals surface area (Å²) in [5.41, 5.74) is 0.480. The van der Waals surface area contributed by atoms with Crippen molar-refractivity contribution in [2.45, 2.75) is 65.3 Å². The van der Waals surface area contributed by atoms with Gasteiger partial charge in [-0.25, -0.2) is 4.79 Å². The van der Waals surface area contributed by atoms with Gasteiger partial charge in [-0.3, -0.25) is 0 Å². The van der Waals surface area contributed by atoms with Crippen LogP contribution in [-0.4, -0.2) is 44.8 Å². The molecule has 1 aliphatic rings. The molecule has 0 aromatic carbocycles. The second-order valence-corrected chi connectivity index (χ2v) is 7.59. The van der Waals surface area contributed by atoms with Crippen LogP contribution < -0.4 is 5.32 Å². The van der Waals surface area contributed by atoms with E-state index in [4.69, 9.17) is 4.74 Å². The summed E-state index contributed by atoms with van der Waals surface area (Å²) in [5, 5.41) is 9.52. The second-order valence-electron chi connectivity index (χ2n) is 6.98. The molecule has 0 radical (unpaired) electrons. The predicted octanol–water partition coefficient (Wildman–Crippen LogP) is 2.66. The van der Waals surface area contributed by atoms with Gasteiger partial charge in [-0.05, 0) is 51.6 Å². The van der Waals surface area contributed by atoms with E-state index < -0.39 is 5.60 Å². The lowest BCUT2D eigenvalue weighted by atomic mass is 9.87. The Kier molecular flexibility index (Phi) is 5.39. The first-order valence-electron chi connectivity index (χ1n) is 7.77. The SMILES string of the molecule is CC1CCN(C(=O)OC(C)(C)C)C(C)C1NCc1csnn1. The van der Waals surface area contributed by atoms with E-state index in [2.05, 4.69) is 28.8 Å². The first-order chi connectivity index (χ1) is 10.3. The Morgan fingerprint density at radius 3 is 2.82 bits per heavy atom. The fourth-order valence-electron chi connectivity index (χ4n) is 2.83. The number of amides is 1. The van der Waals surface area contributed by atoms with E-state index in [1.807, 2.05) is 31.1 Å². The van der Waals surface area contributed by atoms with Gasteiger partial charge < -0.3 is 15.0 Å². The smallest absolute Gasteiger partial charge is 0.410 e. The number of rotatable bonds is 3. The minimum atomic E-state index is -0.463. The molecule has 3 unspecified atom stereocenters. The van der Waals surface area contributed by atoms with Crippen LogP contribution in [0.5, 0.6) is 0 Å². The number of carbonyl (C=O) groups is 1. The topological polar surface area (TPSA) is 67.3 Å². The Morgan fingerprint density at radius 2 is 2.23 bits per heavy atom. The monoisotopic (exact) mass is 326 g/mol. The Labute approximate surface area is 136 Å². The molecule has 0 bridgehead atoms. The summed E-state index contributed by atoms with van der Waals surface area (Å²) in [6.45, 7) is 11.4. The average molecular weight is 326 g/mol. The molecule has 0 spiro atoms. The highest BCUT2D eigenvalue weighted by Gasteiger charge is 2.37. The van der Waals surface area contributed by atoms with Gasteiger partial charge in [0.05, 0.1) is 5.69 Å². The molecule has 2 heterocycles. The Balaban J connectivity index is 1.98. The summed E-state index contributed by atoms with van der Waals surface area (Å²) in [6.07, 6.45) is 0.741. The van der Waals surface area contributed by atoms with E-state index in [-0.39, 0.29) is 18.2 Å². The lowest BCUT2D eigenvalue weighted by Crippen LogP contribution is -2.58. The average Bonchev–Trinajstić information content (AvgIpc) is 2.89. The van der Waals surface area contributed by atoms with Gasteiger partial charge in [0.1, 0.15) is 5.60 Å². The minimum Gasteiger partial charge on any atom is -0.444 e. The number of ether oxygens (including phenoxy) is 1. The third kappa shape index (κ3) is 4.39. The van der Waals surface area contributed by atoms with Crippen molar-refractivity contribution in [3.63, 3.8) is 0 Å². The number of hydrogen-bond donors (Lipinski definition) is 1. The fraction of sp³-hybridized carbons (Fsp3) is 0.800. The number of likely N-dealkylation sites (tertiary alicyclic amines) is 1. The van der Waals surface area contributed by atoms with Crippen molar-refractivity contribution in [3.8, 4) is 0 Å². The molecule has 1 fully saturated rings. The van der Waals surface area contributed by atoms with E-state index in [9.17, 15) is 4.79 Å². The van der Waals surface area contributed by atoms with Gasteiger partial charge in [0.15, 0.2) is 0 Å². The zero-order chi connectivity index (χ0) is 16.3. The molecule has 1 aromatic rings. The summed E-state index contributed by atoms with van der Waals surface area (Å²) in [7, 11) is 0. The lowest BCUT2D eigenvalue weighted by molar-refractivity contribution is 0.000653. The highest BCUT2D eigenvalue weighted by Crippen LogP contribution is 2.25. The van der Waals surface area contributed by atoms with Crippen LogP contribution in [0.15, 0.2) is 5.38 Å². The molecule has 1 aliphatic heterocycles. The summed E-state index contributed by atoms with van der Waals surface area (Å²) >= 11 is 1.35. The summed E-state index contributed by atoms with van der Waals surface area (Å²) in [6, 6.07) is 0.313. The van der Waals surface area contributed by atoms with Crippen LogP contribution >= 0.6 is 11.5 Å². The maximum absolute atomic E-state index is 12.4. The molecule has 1 N–H and O–H groups in total. The van der Waals surface area contributed by atoms with Crippen LogP contribution in [0.2, 0.25) is 0 Å². The van der Waals surface area contributed by atoms with E-state index in [1.165, 1.54) is 11.5 Å². The van der Waals surface area contributed by atoms with Crippen molar-refractivity contribution in [2.75, 3.05) is 6.54 Å². The summed E-state index contributed by atoms with van der Waals surface area (Å²) < 4.78 is 9.39. The predicted molar refractivity (Wildman–Crippen MR) is 86.7 cm³/mol. The Bertz CT molecular complexity index is 486. The lowest BCUT2D eigenvalue weighted by Gasteiger charge is -2.43. The van der Waals surface area contributed by atoms with E-state index >= 15 is 0 Å². The summed E-state index contributed by atoms with van der Waals surface area (Å²) in [5.74, 6) is 0.500. The normalized spacial score (nSPS) is 26.0. The van der Waals surface area contributed by atoms with Crippen LogP contribution in [-0.2, 0) is 11.3 Å². The van der Waals surface area contributed by atoms with Crippen LogP contribution in [0.4, 0.5) is 4.79 Å². The van der Waals surface area contributed by atoms with E-state index in [0.717, 1.165) is 18.7 Å². The van der Waals surface area contributed by atoms with Gasteiger partial charge in [0, 0.05) is 30.6 Å². The third-order valence-electron chi connectivity index (χ3n) is 4.00. The fourth-order valence-corrected chi connectivity index (χ4v) is 3.28. The standard InChI is InChI=1S/C15H26N4O2S/c1-10-6-7-19(14(20)21-15(3,4)5)11(2)13(10)16-8-12-9-22-18-17-12/h9-11,13,16H,6-8H2,1-5H3. The van der Waals surface area contributed by atoms with Crippen molar-refractivity contribution in [2.24, 2.45) is 5.92 Å². The molecule has 1 aromatic heterocycles. The molecule has 1 saturated heterocycles. The van der Waals surface area contributed by atoms with Crippen LogP contribution in [0.1, 0.15) is 46.7 Å². The number of carbonyl (C=O) groups excluding carboxylic acids is 1. The molecule has 6 nitrogen and oxygen atoms in total. The van der Waals surface area contributed by atoms with E-state index in [0.29, 0.717) is 12.5 Å². The molecule has 124 valence electrons. The van der Waals surface area contributed by atoms with Gasteiger partial charge in [-0.1, -0.05) is 11.4 Å². The molecule has 2 rings (SSSR count). The largest absolute Gasteiger partial charge is 0.444 e. The van der Waals surface area contributed by atoms with Crippen molar-refractivity contribution in [1.82, 2.24) is 19.8 Å². The van der Waals surface area contributed by atoms with Crippen LogP contribution in [0.3, 0.4) is 0 Å². The molecule has 0 saturated carbocycles. The number of nitrogens with zero attached hydrogens (tertiary/aromatic N) is 3. The molecule has 7 heteroatoms. The van der Waals surface area contributed by atoms with Crippen LogP contribution in [0.25, 0.3) is 0 Å². The van der Waals surface area contributed by atoms with Crippen LogP contribution in [0, 0.1) is 5.92 Å². The minimum absolute atomic E-state index is 0.0881. The zero-order valence-electron chi connectivity index (χ0n) is 14.0. The number of piperidine rings is 1. The molecule has 22 heavy (non-hydrogen) atoms. The van der Waals surface area contributed by atoms with E-state index in [1.54, 1.807) is 0 Å². The van der Waals surface area contributed by atoms with Gasteiger partial charge in [0.2, 0.25) is 0 Å². The Morgan fingerprint density at radius 1 is 1.50 bits per heavy atom. The number of nitrogens with one attached hydrogen (secondary N) is 1. The van der Waals surface area contributed by atoms with Crippen molar-refractivity contribution in [1.29, 1.82) is 0 Å². The maximum atomic E-state index is 12.4. The molecular formula is C15H26N4O2S. The summed E-state index contributed by atoms with van der Waals surface area (Å²) in [4.78, 5) is 14.2. The quantitative estimate of drug-likeness (QED) is 0.925. The zero-order valence-corrected chi connectivity index (χ0v) is 14.8. The molecule has 0 aliphatic carbocycles. The van der Waals surface area contributed by atoms with Crippen molar-refractivity contribution >= 4 is 17.6 Å². The third-order valence-corrected chi connectivity index (χ3v) is 4.56. The van der Waals surface area contributed by atoms with Gasteiger partial charge >= 0.3 is 6.09 Å². The first kappa shape index (κ1) is 17.1. The van der Waals surface area contributed by atoms with Gasteiger partial charge in [-0.15, -0.1) is 5.10 Å². The molecular weight excluding hydrogens is 300 g/mol. The number of aromatic nitrogens is 2. The second kappa shape index (κ2) is 6.91. The highest BCUT2D eigenvalue weighted by atomic mass is 32.1. The molecule has 3 atom stereocenters. The maximum Gasteiger partial charge on any atom is 0.410 e. The highest BCUT2D eigenvalue weighted by molar-refractivity contribution is 7.03. The molecule has 1 amide bonds. The van der Waals surface area contributed by atoms with Crippen molar-refractivity contribution < 1.29 is 9.53 Å². The Hall–Kier alpha value is -1.21. The van der Waals surface area contributed by atoms with Crippen molar-refractivity contribution in [3.05, 3.63) is 11.1 Å². The van der Waals surface area contributed by atoms with Gasteiger partial charge in [-0.2, -0.15) is 0 Å². The number of hydrogen-bond acceptors (Lipinski definition) is 6. The van der Waals surface area contributed by atoms with Gasteiger partial charge in [0.25, 0.3) is 0 Å². The first-order valence-corrected chi connectivity index (χ1v) is 8.60.